The average Bonchev–Trinajstić information content (AvgIpc) is 2.43. The molecule has 1 aromatic rings. The molecular weight excluding hydrogens is 334 g/mol. The van der Waals surface area contributed by atoms with Crippen LogP contribution in [-0.4, -0.2) is 6.04 Å². The van der Waals surface area contributed by atoms with Crippen LogP contribution >= 0.6 is 27.5 Å². The molecule has 0 aromatic heterocycles. The van der Waals surface area contributed by atoms with Crippen molar-refractivity contribution in [2.45, 2.75) is 58.9 Å². The van der Waals surface area contributed by atoms with Crippen LogP contribution in [-0.2, 0) is 0 Å². The fraction of sp³-hybridized carbons (Fsp3) is 0.647. The van der Waals surface area contributed by atoms with E-state index in [1.165, 1.54) is 32.1 Å². The van der Waals surface area contributed by atoms with Gasteiger partial charge in [0.05, 0.1) is 10.7 Å². The molecule has 0 heterocycles. The minimum absolute atomic E-state index is 0.485. The molecule has 0 aliphatic heterocycles. The van der Waals surface area contributed by atoms with Gasteiger partial charge in [-0.3, -0.25) is 0 Å². The highest BCUT2D eigenvalue weighted by Gasteiger charge is 2.31. The van der Waals surface area contributed by atoms with Crippen molar-refractivity contribution in [2.24, 2.45) is 11.3 Å². The smallest absolute Gasteiger partial charge is 0.0638 e. The molecule has 0 radical (unpaired) electrons. The zero-order valence-corrected chi connectivity index (χ0v) is 15.0. The van der Waals surface area contributed by atoms with Gasteiger partial charge in [-0.2, -0.15) is 0 Å². The van der Waals surface area contributed by atoms with Gasteiger partial charge in [-0.25, -0.2) is 0 Å². The summed E-state index contributed by atoms with van der Waals surface area (Å²) in [7, 11) is 0. The second-order valence-electron chi connectivity index (χ2n) is 6.66. The maximum Gasteiger partial charge on any atom is 0.0638 e. The first-order valence-electron chi connectivity index (χ1n) is 7.64. The Kier molecular flexibility index (Phi) is 5.42. The van der Waals surface area contributed by atoms with E-state index in [0.717, 1.165) is 21.1 Å². The second-order valence-corrected chi connectivity index (χ2v) is 7.98. The standard InChI is InChI=1S/C17H25BrClN/c1-4-17(2,3)12-5-8-14(9-6-12)20-16-11-13(18)7-10-15(16)19/h7,10-12,14,20H,4-6,8-9H2,1-3H3. The highest BCUT2D eigenvalue weighted by atomic mass is 79.9. The van der Waals surface area contributed by atoms with Gasteiger partial charge in [-0.05, 0) is 55.2 Å². The van der Waals surface area contributed by atoms with E-state index in [9.17, 15) is 0 Å². The van der Waals surface area contributed by atoms with Gasteiger partial charge in [0.2, 0.25) is 0 Å². The second kappa shape index (κ2) is 6.70. The van der Waals surface area contributed by atoms with E-state index < -0.39 is 0 Å². The molecule has 1 nitrogen and oxygen atoms in total. The number of hydrogen-bond acceptors (Lipinski definition) is 1. The SMILES string of the molecule is CCC(C)(C)C1CCC(Nc2cc(Br)ccc2Cl)CC1. The molecule has 112 valence electrons. The third kappa shape index (κ3) is 3.92. The van der Waals surface area contributed by atoms with Crippen LogP contribution in [0.4, 0.5) is 5.69 Å². The third-order valence-corrected chi connectivity index (χ3v) is 5.85. The number of benzene rings is 1. The molecule has 20 heavy (non-hydrogen) atoms. The zero-order valence-electron chi connectivity index (χ0n) is 12.7. The molecule has 0 saturated heterocycles. The summed E-state index contributed by atoms with van der Waals surface area (Å²) in [6.45, 7) is 7.14. The van der Waals surface area contributed by atoms with Crippen molar-refractivity contribution in [1.29, 1.82) is 0 Å². The molecule has 1 saturated carbocycles. The van der Waals surface area contributed by atoms with E-state index in [1.54, 1.807) is 0 Å². The molecule has 1 N–H and O–H groups in total. The summed E-state index contributed by atoms with van der Waals surface area (Å²) in [6, 6.07) is 6.56. The lowest BCUT2D eigenvalue weighted by atomic mass is 9.69. The van der Waals surface area contributed by atoms with Crippen LogP contribution < -0.4 is 5.32 Å². The van der Waals surface area contributed by atoms with Gasteiger partial charge in [0, 0.05) is 10.5 Å². The Morgan fingerprint density at radius 2 is 1.90 bits per heavy atom. The third-order valence-electron chi connectivity index (χ3n) is 5.03. The molecule has 0 bridgehead atoms. The van der Waals surface area contributed by atoms with Crippen molar-refractivity contribution < 1.29 is 0 Å². The van der Waals surface area contributed by atoms with Crippen molar-refractivity contribution in [2.75, 3.05) is 5.32 Å². The highest BCUT2D eigenvalue weighted by molar-refractivity contribution is 9.10. The first-order chi connectivity index (χ1) is 9.42. The number of anilines is 1. The minimum Gasteiger partial charge on any atom is -0.381 e. The molecular formula is C17H25BrClN. The van der Waals surface area contributed by atoms with Gasteiger partial charge >= 0.3 is 0 Å². The van der Waals surface area contributed by atoms with Crippen molar-refractivity contribution in [3.8, 4) is 0 Å². The molecule has 1 aliphatic carbocycles. The Morgan fingerprint density at radius 1 is 1.25 bits per heavy atom. The van der Waals surface area contributed by atoms with E-state index in [1.807, 2.05) is 12.1 Å². The first-order valence-corrected chi connectivity index (χ1v) is 8.81. The van der Waals surface area contributed by atoms with Gasteiger partial charge < -0.3 is 5.32 Å². The zero-order chi connectivity index (χ0) is 14.8. The lowest BCUT2D eigenvalue weighted by Gasteiger charge is -2.39. The van der Waals surface area contributed by atoms with Crippen molar-refractivity contribution >= 4 is 33.2 Å². The Hall–Kier alpha value is -0.210. The monoisotopic (exact) mass is 357 g/mol. The number of nitrogens with one attached hydrogen (secondary N) is 1. The van der Waals surface area contributed by atoms with E-state index in [4.69, 9.17) is 11.6 Å². The lowest BCUT2D eigenvalue weighted by molar-refractivity contribution is 0.147. The Bertz CT molecular complexity index is 450. The van der Waals surface area contributed by atoms with Crippen LogP contribution in [0.3, 0.4) is 0 Å². The average molecular weight is 359 g/mol. The molecule has 1 aromatic carbocycles. The molecule has 0 unspecified atom stereocenters. The fourth-order valence-corrected chi connectivity index (χ4v) is 3.67. The van der Waals surface area contributed by atoms with Gasteiger partial charge in [-0.15, -0.1) is 0 Å². The molecule has 2 rings (SSSR count). The van der Waals surface area contributed by atoms with Gasteiger partial charge in [-0.1, -0.05) is 54.7 Å². The lowest BCUT2D eigenvalue weighted by Crippen LogP contribution is -2.32. The molecule has 0 spiro atoms. The van der Waals surface area contributed by atoms with E-state index >= 15 is 0 Å². The summed E-state index contributed by atoms with van der Waals surface area (Å²) in [5.74, 6) is 0.864. The summed E-state index contributed by atoms with van der Waals surface area (Å²) in [5, 5.41) is 4.43. The van der Waals surface area contributed by atoms with E-state index in [2.05, 4.69) is 48.1 Å². The van der Waals surface area contributed by atoms with Crippen molar-refractivity contribution in [3.63, 3.8) is 0 Å². The highest BCUT2D eigenvalue weighted by Crippen LogP contribution is 2.41. The molecule has 3 heteroatoms. The number of halogens is 2. The van der Waals surface area contributed by atoms with Gasteiger partial charge in [0.15, 0.2) is 0 Å². The normalized spacial score (nSPS) is 23.6. The van der Waals surface area contributed by atoms with Crippen LogP contribution in [0, 0.1) is 11.3 Å². The Labute approximate surface area is 136 Å². The molecule has 0 atom stereocenters. The molecule has 1 aliphatic rings. The predicted molar refractivity (Wildman–Crippen MR) is 92.6 cm³/mol. The topological polar surface area (TPSA) is 12.0 Å². The predicted octanol–water partition coefficient (Wildman–Crippen LogP) is 6.51. The van der Waals surface area contributed by atoms with Crippen LogP contribution in [0.5, 0.6) is 0 Å². The Morgan fingerprint density at radius 3 is 2.50 bits per heavy atom. The first kappa shape index (κ1) is 16.2. The summed E-state index contributed by atoms with van der Waals surface area (Å²) in [5.41, 5.74) is 1.54. The fourth-order valence-electron chi connectivity index (χ4n) is 3.14. The summed E-state index contributed by atoms with van der Waals surface area (Å²) in [6.07, 6.45) is 6.41. The van der Waals surface area contributed by atoms with Crippen LogP contribution in [0.25, 0.3) is 0 Å². The van der Waals surface area contributed by atoms with Gasteiger partial charge in [0.1, 0.15) is 0 Å². The van der Waals surface area contributed by atoms with Gasteiger partial charge in [0.25, 0.3) is 0 Å². The maximum absolute atomic E-state index is 6.26. The summed E-state index contributed by atoms with van der Waals surface area (Å²) < 4.78 is 1.07. The van der Waals surface area contributed by atoms with E-state index in [0.29, 0.717) is 11.5 Å². The summed E-state index contributed by atoms with van der Waals surface area (Å²) in [4.78, 5) is 0. The van der Waals surface area contributed by atoms with Crippen LogP contribution in [0.1, 0.15) is 52.9 Å². The van der Waals surface area contributed by atoms with Crippen LogP contribution in [0.15, 0.2) is 22.7 Å². The Balaban J connectivity index is 1.93. The molecule has 1 fully saturated rings. The largest absolute Gasteiger partial charge is 0.381 e. The van der Waals surface area contributed by atoms with Crippen LogP contribution in [0.2, 0.25) is 5.02 Å². The van der Waals surface area contributed by atoms with Crippen molar-refractivity contribution in [3.05, 3.63) is 27.7 Å². The van der Waals surface area contributed by atoms with Crippen molar-refractivity contribution in [1.82, 2.24) is 0 Å². The minimum atomic E-state index is 0.485. The maximum atomic E-state index is 6.26. The number of rotatable bonds is 4. The quantitative estimate of drug-likeness (QED) is 0.647. The molecule has 0 amide bonds. The number of hydrogen-bond donors (Lipinski definition) is 1. The summed E-state index contributed by atoms with van der Waals surface area (Å²) >= 11 is 9.76. The van der Waals surface area contributed by atoms with E-state index in [-0.39, 0.29) is 0 Å².